The Morgan fingerprint density at radius 2 is 1.38 bits per heavy atom. The van der Waals surface area contributed by atoms with Gasteiger partial charge in [-0.3, -0.25) is 0 Å². The summed E-state index contributed by atoms with van der Waals surface area (Å²) in [5.41, 5.74) is 5.79. The third-order valence-corrected chi connectivity index (χ3v) is 2.77. The van der Waals surface area contributed by atoms with Gasteiger partial charge >= 0.3 is 0 Å². The number of fused-ring (bicyclic) bond motifs is 4. The Hall–Kier alpha value is -1.30. The van der Waals surface area contributed by atoms with Crippen LogP contribution in [0.3, 0.4) is 0 Å². The molecule has 0 radical (unpaired) electrons. The molecule has 0 spiro atoms. The van der Waals surface area contributed by atoms with Gasteiger partial charge < -0.3 is 6.42 Å². The van der Waals surface area contributed by atoms with E-state index in [-0.39, 0.29) is 0 Å². The summed E-state index contributed by atoms with van der Waals surface area (Å²) in [5.74, 6) is 0. The standard InChI is InChI=1S/C13H11/c1-2-6-10-11(7-3-1)13-9-5-4-8-12(10)13/h1,4-9H,2-3H2/q-1. The maximum absolute atomic E-state index is 2.33. The molecule has 3 rings (SSSR count). The SMILES string of the molecule is C1=C2C(=CC[CH-]C1)c1ccccc12. The molecule has 0 nitrogen and oxygen atoms in total. The normalized spacial score (nSPS) is 18.8. The molecule has 0 heterocycles. The van der Waals surface area contributed by atoms with E-state index < -0.39 is 0 Å². The molecule has 0 saturated heterocycles. The highest BCUT2D eigenvalue weighted by atomic mass is 14.3. The molecule has 13 heavy (non-hydrogen) atoms. The molecule has 0 amide bonds. The molecule has 0 bridgehead atoms. The number of allylic oxidation sites excluding steroid dienone is 4. The molecule has 1 aromatic rings. The number of hydrogen-bond acceptors (Lipinski definition) is 0. The molecule has 64 valence electrons. The summed E-state index contributed by atoms with van der Waals surface area (Å²) in [6.45, 7) is 0. The van der Waals surface area contributed by atoms with Gasteiger partial charge in [0.15, 0.2) is 0 Å². The molecular weight excluding hydrogens is 156 g/mol. The lowest BCUT2D eigenvalue weighted by atomic mass is 9.78. The first kappa shape index (κ1) is 7.14. The lowest BCUT2D eigenvalue weighted by molar-refractivity contribution is 1.12. The lowest BCUT2D eigenvalue weighted by Crippen LogP contribution is -2.04. The van der Waals surface area contributed by atoms with Crippen molar-refractivity contribution in [3.05, 3.63) is 54.0 Å². The van der Waals surface area contributed by atoms with Crippen LogP contribution in [0, 0.1) is 6.42 Å². The summed E-state index contributed by atoms with van der Waals surface area (Å²) >= 11 is 0. The fourth-order valence-corrected chi connectivity index (χ4v) is 2.12. The molecule has 0 unspecified atom stereocenters. The summed E-state index contributed by atoms with van der Waals surface area (Å²) in [6, 6.07) is 8.66. The Kier molecular flexibility index (Phi) is 1.42. The minimum absolute atomic E-state index is 1.11. The van der Waals surface area contributed by atoms with Crippen molar-refractivity contribution < 1.29 is 0 Å². The first-order chi connectivity index (χ1) is 6.47. The van der Waals surface area contributed by atoms with Crippen LogP contribution >= 0.6 is 0 Å². The van der Waals surface area contributed by atoms with E-state index in [0.717, 1.165) is 12.8 Å². The molecule has 0 aliphatic heterocycles. The molecule has 0 heteroatoms. The highest BCUT2D eigenvalue weighted by molar-refractivity contribution is 6.16. The predicted molar refractivity (Wildman–Crippen MR) is 55.9 cm³/mol. The van der Waals surface area contributed by atoms with Crippen molar-refractivity contribution in [3.8, 4) is 0 Å². The van der Waals surface area contributed by atoms with Gasteiger partial charge in [-0.2, -0.15) is 12.8 Å². The average Bonchev–Trinajstić information content (AvgIpc) is 2.37. The topological polar surface area (TPSA) is 0 Å². The van der Waals surface area contributed by atoms with Gasteiger partial charge in [0, 0.05) is 0 Å². The van der Waals surface area contributed by atoms with Gasteiger partial charge in [0.25, 0.3) is 0 Å². The second kappa shape index (κ2) is 2.59. The van der Waals surface area contributed by atoms with Crippen LogP contribution in [0.1, 0.15) is 24.0 Å². The van der Waals surface area contributed by atoms with Gasteiger partial charge in [0.2, 0.25) is 0 Å². The van der Waals surface area contributed by atoms with Crippen molar-refractivity contribution in [2.24, 2.45) is 0 Å². The van der Waals surface area contributed by atoms with Crippen LogP contribution in [-0.2, 0) is 0 Å². The Morgan fingerprint density at radius 3 is 1.92 bits per heavy atom. The van der Waals surface area contributed by atoms with Crippen molar-refractivity contribution in [2.75, 3.05) is 0 Å². The quantitative estimate of drug-likeness (QED) is 0.519. The highest BCUT2D eigenvalue weighted by Gasteiger charge is 2.23. The van der Waals surface area contributed by atoms with Crippen LogP contribution in [0.5, 0.6) is 0 Å². The van der Waals surface area contributed by atoms with E-state index in [1.54, 1.807) is 0 Å². The van der Waals surface area contributed by atoms with Crippen molar-refractivity contribution in [1.29, 1.82) is 0 Å². The molecule has 0 fully saturated rings. The predicted octanol–water partition coefficient (Wildman–Crippen LogP) is 3.47. The Morgan fingerprint density at radius 1 is 0.846 bits per heavy atom. The van der Waals surface area contributed by atoms with Crippen LogP contribution in [-0.4, -0.2) is 0 Å². The summed E-state index contributed by atoms with van der Waals surface area (Å²) in [7, 11) is 0. The van der Waals surface area contributed by atoms with E-state index in [1.807, 2.05) is 0 Å². The monoisotopic (exact) mass is 167 g/mol. The third-order valence-electron chi connectivity index (χ3n) is 2.77. The van der Waals surface area contributed by atoms with Crippen LogP contribution in [0.2, 0.25) is 0 Å². The molecule has 0 atom stereocenters. The zero-order valence-corrected chi connectivity index (χ0v) is 7.46. The summed E-state index contributed by atoms with van der Waals surface area (Å²) in [4.78, 5) is 0. The van der Waals surface area contributed by atoms with Gasteiger partial charge in [-0.1, -0.05) is 24.3 Å². The first-order valence-electron chi connectivity index (χ1n) is 4.79. The zero-order chi connectivity index (χ0) is 8.67. The van der Waals surface area contributed by atoms with E-state index in [0.29, 0.717) is 0 Å². The lowest BCUT2D eigenvalue weighted by Gasteiger charge is -2.26. The van der Waals surface area contributed by atoms with Gasteiger partial charge in [-0.15, -0.1) is 12.2 Å². The second-order valence-corrected chi connectivity index (χ2v) is 3.54. The fraction of sp³-hybridized carbons (Fsp3) is 0.154. The Balaban J connectivity index is 2.21. The van der Waals surface area contributed by atoms with Crippen molar-refractivity contribution in [1.82, 2.24) is 0 Å². The molecular formula is C13H11-. The largest absolute Gasteiger partial charge is 0.321 e. The Bertz CT molecular complexity index is 369. The molecule has 0 saturated carbocycles. The van der Waals surface area contributed by atoms with Crippen molar-refractivity contribution in [2.45, 2.75) is 12.8 Å². The maximum atomic E-state index is 2.33. The van der Waals surface area contributed by atoms with Crippen molar-refractivity contribution in [3.63, 3.8) is 0 Å². The smallest absolute Gasteiger partial charge is 0.0103 e. The van der Waals surface area contributed by atoms with E-state index >= 15 is 0 Å². The van der Waals surface area contributed by atoms with Gasteiger partial charge in [-0.05, 0) is 22.3 Å². The van der Waals surface area contributed by atoms with Gasteiger partial charge in [0.1, 0.15) is 0 Å². The number of rotatable bonds is 0. The average molecular weight is 167 g/mol. The zero-order valence-electron chi connectivity index (χ0n) is 7.46. The van der Waals surface area contributed by atoms with E-state index in [9.17, 15) is 0 Å². The molecule has 2 aliphatic rings. The molecule has 0 aromatic heterocycles. The number of benzene rings is 1. The van der Waals surface area contributed by atoms with Crippen LogP contribution in [0.25, 0.3) is 11.1 Å². The van der Waals surface area contributed by atoms with Gasteiger partial charge in [-0.25, -0.2) is 0 Å². The molecule has 2 aliphatic carbocycles. The van der Waals surface area contributed by atoms with E-state index in [1.165, 1.54) is 22.3 Å². The van der Waals surface area contributed by atoms with E-state index in [4.69, 9.17) is 0 Å². The van der Waals surface area contributed by atoms with E-state index in [2.05, 4.69) is 42.8 Å². The maximum Gasteiger partial charge on any atom is -0.0103 e. The summed E-state index contributed by atoms with van der Waals surface area (Å²) < 4.78 is 0. The Labute approximate surface area is 78.6 Å². The van der Waals surface area contributed by atoms with Crippen LogP contribution < -0.4 is 0 Å². The minimum Gasteiger partial charge on any atom is -0.321 e. The number of hydrogen-bond donors (Lipinski definition) is 0. The van der Waals surface area contributed by atoms with Crippen LogP contribution in [0.15, 0.2) is 36.4 Å². The van der Waals surface area contributed by atoms with Crippen LogP contribution in [0.4, 0.5) is 0 Å². The second-order valence-electron chi connectivity index (χ2n) is 3.54. The third kappa shape index (κ3) is 0.918. The minimum atomic E-state index is 1.11. The summed E-state index contributed by atoms with van der Waals surface area (Å²) in [6.07, 6.45) is 9.22. The molecule has 1 aromatic carbocycles. The fourth-order valence-electron chi connectivity index (χ4n) is 2.12. The first-order valence-corrected chi connectivity index (χ1v) is 4.79. The highest BCUT2D eigenvalue weighted by Crippen LogP contribution is 2.46. The van der Waals surface area contributed by atoms with Crippen molar-refractivity contribution >= 4 is 11.1 Å². The summed E-state index contributed by atoms with van der Waals surface area (Å²) in [5, 5.41) is 0. The van der Waals surface area contributed by atoms with Gasteiger partial charge in [0.05, 0.1) is 0 Å². The molecule has 0 N–H and O–H groups in total.